The Kier molecular flexibility index (Phi) is 6.12. The third-order valence-corrected chi connectivity index (χ3v) is 3.72. The summed E-state index contributed by atoms with van der Waals surface area (Å²) in [6.45, 7) is 4.72. The van der Waals surface area contributed by atoms with Crippen LogP contribution in [0.5, 0.6) is 0 Å². The number of carboxylic acids is 1. The Labute approximate surface area is 108 Å². The molecule has 0 heterocycles. The number of nitrogens with one attached hydrogen (secondary N) is 2. The fraction of sp³-hybridized carbons (Fsp3) is 0.846. The first-order valence-electron chi connectivity index (χ1n) is 6.71. The number of carbonyl (C=O) groups excluding carboxylic acids is 1. The Morgan fingerprint density at radius 1 is 1.33 bits per heavy atom. The van der Waals surface area contributed by atoms with Crippen LogP contribution in [0.15, 0.2) is 0 Å². The topological polar surface area (TPSA) is 78.4 Å². The monoisotopic (exact) mass is 256 g/mol. The molecule has 5 heteroatoms. The van der Waals surface area contributed by atoms with Gasteiger partial charge in [-0.25, -0.2) is 4.79 Å². The van der Waals surface area contributed by atoms with Crippen molar-refractivity contribution in [1.82, 2.24) is 10.6 Å². The highest BCUT2D eigenvalue weighted by atomic mass is 16.4. The lowest BCUT2D eigenvalue weighted by Gasteiger charge is -2.29. The summed E-state index contributed by atoms with van der Waals surface area (Å²) < 4.78 is 0. The molecular weight excluding hydrogens is 232 g/mol. The van der Waals surface area contributed by atoms with E-state index in [4.69, 9.17) is 5.11 Å². The van der Waals surface area contributed by atoms with Crippen molar-refractivity contribution in [3.05, 3.63) is 0 Å². The van der Waals surface area contributed by atoms with Gasteiger partial charge in [0.1, 0.15) is 6.04 Å². The quantitative estimate of drug-likeness (QED) is 0.662. The molecule has 3 atom stereocenters. The molecule has 1 fully saturated rings. The summed E-state index contributed by atoms with van der Waals surface area (Å²) >= 11 is 0. The van der Waals surface area contributed by atoms with Gasteiger partial charge >= 0.3 is 5.97 Å². The molecule has 1 amide bonds. The van der Waals surface area contributed by atoms with E-state index in [-0.39, 0.29) is 12.5 Å². The Balaban J connectivity index is 2.29. The third kappa shape index (κ3) is 5.04. The van der Waals surface area contributed by atoms with Crippen molar-refractivity contribution in [2.24, 2.45) is 11.8 Å². The summed E-state index contributed by atoms with van der Waals surface area (Å²) in [5.41, 5.74) is 0. The molecule has 1 aliphatic carbocycles. The van der Waals surface area contributed by atoms with Crippen molar-refractivity contribution in [2.75, 3.05) is 13.1 Å². The minimum Gasteiger partial charge on any atom is -0.480 e. The molecule has 104 valence electrons. The van der Waals surface area contributed by atoms with E-state index >= 15 is 0 Å². The second-order valence-electron chi connectivity index (χ2n) is 5.27. The lowest BCUT2D eigenvalue weighted by Crippen LogP contribution is -2.47. The first-order valence-corrected chi connectivity index (χ1v) is 6.71. The average Bonchev–Trinajstić information content (AvgIpc) is 2.29. The van der Waals surface area contributed by atoms with Crippen molar-refractivity contribution in [1.29, 1.82) is 0 Å². The van der Waals surface area contributed by atoms with E-state index in [0.717, 1.165) is 6.54 Å². The summed E-state index contributed by atoms with van der Waals surface area (Å²) in [5.74, 6) is 0.0328. The van der Waals surface area contributed by atoms with Gasteiger partial charge in [-0.15, -0.1) is 0 Å². The van der Waals surface area contributed by atoms with Crippen LogP contribution < -0.4 is 10.6 Å². The predicted molar refractivity (Wildman–Crippen MR) is 69.2 cm³/mol. The fourth-order valence-electron chi connectivity index (χ4n) is 2.55. The van der Waals surface area contributed by atoms with Crippen molar-refractivity contribution in [2.45, 2.75) is 45.6 Å². The van der Waals surface area contributed by atoms with Crippen LogP contribution in [0.2, 0.25) is 0 Å². The molecule has 3 unspecified atom stereocenters. The molecule has 0 bridgehead atoms. The van der Waals surface area contributed by atoms with E-state index in [9.17, 15) is 9.59 Å². The zero-order chi connectivity index (χ0) is 13.5. The molecule has 0 aromatic heterocycles. The van der Waals surface area contributed by atoms with Gasteiger partial charge in [-0.3, -0.25) is 4.79 Å². The van der Waals surface area contributed by atoms with Crippen LogP contribution in [0, 0.1) is 11.8 Å². The molecule has 0 spiro atoms. The maximum Gasteiger partial charge on any atom is 0.327 e. The molecule has 18 heavy (non-hydrogen) atoms. The van der Waals surface area contributed by atoms with Crippen LogP contribution in [0.4, 0.5) is 0 Å². The highest BCUT2D eigenvalue weighted by Gasteiger charge is 2.22. The molecule has 1 saturated carbocycles. The van der Waals surface area contributed by atoms with Gasteiger partial charge < -0.3 is 15.7 Å². The zero-order valence-electron chi connectivity index (χ0n) is 11.2. The van der Waals surface area contributed by atoms with Crippen LogP contribution >= 0.6 is 0 Å². The van der Waals surface area contributed by atoms with Crippen molar-refractivity contribution >= 4 is 11.9 Å². The van der Waals surface area contributed by atoms with E-state index < -0.39 is 12.0 Å². The van der Waals surface area contributed by atoms with Crippen LogP contribution in [0.3, 0.4) is 0 Å². The highest BCUT2D eigenvalue weighted by molar-refractivity contribution is 5.82. The van der Waals surface area contributed by atoms with Gasteiger partial charge in [-0.1, -0.05) is 26.2 Å². The molecule has 5 nitrogen and oxygen atoms in total. The van der Waals surface area contributed by atoms with Crippen molar-refractivity contribution in [3.63, 3.8) is 0 Å². The van der Waals surface area contributed by atoms with Gasteiger partial charge in [0.25, 0.3) is 0 Å². The van der Waals surface area contributed by atoms with Crippen LogP contribution in [0.25, 0.3) is 0 Å². The summed E-state index contributed by atoms with van der Waals surface area (Å²) in [7, 11) is 0. The Morgan fingerprint density at radius 3 is 2.56 bits per heavy atom. The van der Waals surface area contributed by atoms with E-state index in [1.807, 2.05) is 0 Å². The van der Waals surface area contributed by atoms with Crippen LogP contribution in [-0.4, -0.2) is 36.1 Å². The highest BCUT2D eigenvalue weighted by Crippen LogP contribution is 2.28. The van der Waals surface area contributed by atoms with Crippen LogP contribution in [0.1, 0.15) is 39.5 Å². The SMILES string of the molecule is CC(=O)NC(CNCC1CCCCC1C)C(=O)O. The van der Waals surface area contributed by atoms with Crippen LogP contribution in [-0.2, 0) is 9.59 Å². The number of hydrogen-bond acceptors (Lipinski definition) is 3. The number of carboxylic acid groups (broad SMARTS) is 1. The molecule has 0 aliphatic heterocycles. The predicted octanol–water partition coefficient (Wildman–Crippen LogP) is 0.992. The number of aliphatic carboxylic acids is 1. The average molecular weight is 256 g/mol. The summed E-state index contributed by atoms with van der Waals surface area (Å²) in [6.07, 6.45) is 5.05. The van der Waals surface area contributed by atoms with Gasteiger partial charge in [-0.05, 0) is 24.8 Å². The molecule has 1 rings (SSSR count). The van der Waals surface area contributed by atoms with Gasteiger partial charge in [-0.2, -0.15) is 0 Å². The van der Waals surface area contributed by atoms with Gasteiger partial charge in [0.15, 0.2) is 0 Å². The number of amides is 1. The lowest BCUT2D eigenvalue weighted by atomic mass is 9.80. The lowest BCUT2D eigenvalue weighted by molar-refractivity contribution is -0.141. The standard InChI is InChI=1S/C13H24N2O3/c1-9-5-3-4-6-11(9)7-14-8-12(13(17)18)15-10(2)16/h9,11-12,14H,3-8H2,1-2H3,(H,15,16)(H,17,18). The number of rotatable bonds is 6. The van der Waals surface area contributed by atoms with E-state index in [1.165, 1.54) is 32.6 Å². The second-order valence-corrected chi connectivity index (χ2v) is 5.27. The second kappa shape index (κ2) is 7.36. The maximum atomic E-state index is 10.9. The van der Waals surface area contributed by atoms with E-state index in [1.54, 1.807) is 0 Å². The Morgan fingerprint density at radius 2 is 2.00 bits per heavy atom. The number of hydrogen-bond donors (Lipinski definition) is 3. The first kappa shape index (κ1) is 15.0. The van der Waals surface area contributed by atoms with Gasteiger partial charge in [0.2, 0.25) is 5.91 Å². The minimum atomic E-state index is -0.991. The molecule has 0 aromatic carbocycles. The third-order valence-electron chi connectivity index (χ3n) is 3.72. The van der Waals surface area contributed by atoms with Gasteiger partial charge in [0.05, 0.1) is 0 Å². The summed E-state index contributed by atoms with van der Waals surface area (Å²) in [5, 5.41) is 14.6. The Bertz CT molecular complexity index is 294. The largest absolute Gasteiger partial charge is 0.480 e. The maximum absolute atomic E-state index is 10.9. The minimum absolute atomic E-state index is 0.290. The van der Waals surface area contributed by atoms with E-state index in [2.05, 4.69) is 17.6 Å². The molecule has 0 radical (unpaired) electrons. The van der Waals surface area contributed by atoms with E-state index in [0.29, 0.717) is 11.8 Å². The van der Waals surface area contributed by atoms with Crippen molar-refractivity contribution < 1.29 is 14.7 Å². The normalized spacial score (nSPS) is 25.4. The van der Waals surface area contributed by atoms with Crippen molar-refractivity contribution in [3.8, 4) is 0 Å². The summed E-state index contributed by atoms with van der Waals surface area (Å²) in [6, 6.07) is -0.832. The first-order chi connectivity index (χ1) is 8.50. The Hall–Kier alpha value is -1.10. The fourth-order valence-corrected chi connectivity index (χ4v) is 2.55. The molecule has 3 N–H and O–H groups in total. The number of carbonyl (C=O) groups is 2. The zero-order valence-corrected chi connectivity index (χ0v) is 11.2. The summed E-state index contributed by atoms with van der Waals surface area (Å²) in [4.78, 5) is 21.8. The molecule has 0 aromatic rings. The molecule has 0 saturated heterocycles. The smallest absolute Gasteiger partial charge is 0.327 e. The molecule has 1 aliphatic rings. The molecular formula is C13H24N2O3. The van der Waals surface area contributed by atoms with Gasteiger partial charge in [0, 0.05) is 13.5 Å².